The zero-order chi connectivity index (χ0) is 26.8. The molecule has 5 nitrogen and oxygen atoms in total. The molecule has 1 aliphatic rings. The van der Waals surface area contributed by atoms with Crippen LogP contribution in [0.3, 0.4) is 0 Å². The number of unbranched alkanes of at least 4 members (excludes halogenated alkanes) is 10. The third-order valence-corrected chi connectivity index (χ3v) is 8.74. The fourth-order valence-electron chi connectivity index (χ4n) is 5.64. The molecule has 2 aromatic carbocycles. The molecule has 0 radical (unpaired) electrons. The van der Waals surface area contributed by atoms with E-state index < -0.39 is 15.6 Å². The van der Waals surface area contributed by atoms with Crippen LogP contribution in [0.25, 0.3) is 0 Å². The molecule has 2 aromatic rings. The fourth-order valence-corrected chi connectivity index (χ4v) is 6.94. The molecule has 0 saturated heterocycles. The lowest BCUT2D eigenvalue weighted by atomic mass is 9.85. The van der Waals surface area contributed by atoms with Crippen molar-refractivity contribution in [3.63, 3.8) is 0 Å². The summed E-state index contributed by atoms with van der Waals surface area (Å²) in [4.78, 5) is 0.204. The third kappa shape index (κ3) is 8.76. The van der Waals surface area contributed by atoms with E-state index in [1.165, 1.54) is 56.9 Å². The number of aliphatic hydroxyl groups is 1. The minimum atomic E-state index is -3.79. The number of quaternary nitrogens is 1. The summed E-state index contributed by atoms with van der Waals surface area (Å²) < 4.78 is 30.3. The van der Waals surface area contributed by atoms with Gasteiger partial charge < -0.3 is 9.59 Å². The zero-order valence-electron chi connectivity index (χ0n) is 23.2. The SMILES string of the molecule is CCCCCCCCCCCCCC(O)(C[N+](C)(C)Cc1ccccc1)C1=NS(=O)(=O)c2ccccc21. The molecule has 6 heteroatoms. The van der Waals surface area contributed by atoms with Crippen molar-refractivity contribution in [2.75, 3.05) is 20.6 Å². The molecule has 1 unspecified atom stereocenters. The highest BCUT2D eigenvalue weighted by Gasteiger charge is 2.45. The molecule has 204 valence electrons. The van der Waals surface area contributed by atoms with Crippen LogP contribution in [0, 0.1) is 0 Å². The van der Waals surface area contributed by atoms with E-state index in [1.807, 2.05) is 24.3 Å². The molecule has 0 amide bonds. The van der Waals surface area contributed by atoms with Gasteiger partial charge in [-0.3, -0.25) is 0 Å². The zero-order valence-corrected chi connectivity index (χ0v) is 24.0. The minimum absolute atomic E-state index is 0.204. The van der Waals surface area contributed by atoms with Gasteiger partial charge in [0.15, 0.2) is 5.60 Å². The molecular formula is C31H47N2O3S+. The lowest BCUT2D eigenvalue weighted by molar-refractivity contribution is -0.908. The highest BCUT2D eigenvalue weighted by molar-refractivity contribution is 7.90. The highest BCUT2D eigenvalue weighted by Crippen LogP contribution is 2.34. The van der Waals surface area contributed by atoms with Crippen molar-refractivity contribution in [2.24, 2.45) is 4.40 Å². The summed E-state index contributed by atoms with van der Waals surface area (Å²) in [6, 6.07) is 17.1. The van der Waals surface area contributed by atoms with E-state index in [0.29, 0.717) is 28.7 Å². The number of rotatable bonds is 17. The summed E-state index contributed by atoms with van der Waals surface area (Å²) in [5, 5.41) is 12.1. The van der Waals surface area contributed by atoms with Gasteiger partial charge in [-0.15, -0.1) is 0 Å². The summed E-state index contributed by atoms with van der Waals surface area (Å²) in [5.74, 6) is 0. The summed E-state index contributed by atoms with van der Waals surface area (Å²) in [6.45, 7) is 3.38. The Labute approximate surface area is 225 Å². The van der Waals surface area contributed by atoms with E-state index in [0.717, 1.165) is 25.8 Å². The molecule has 0 fully saturated rings. The predicted molar refractivity (Wildman–Crippen MR) is 153 cm³/mol. The molecule has 1 N–H and O–H groups in total. The van der Waals surface area contributed by atoms with E-state index in [1.54, 1.807) is 18.2 Å². The van der Waals surface area contributed by atoms with Crippen molar-refractivity contribution in [2.45, 2.75) is 101 Å². The first-order valence-corrected chi connectivity index (χ1v) is 15.6. The van der Waals surface area contributed by atoms with Crippen LogP contribution in [-0.4, -0.2) is 50.0 Å². The molecule has 0 aliphatic carbocycles. The van der Waals surface area contributed by atoms with Gasteiger partial charge >= 0.3 is 0 Å². The first-order chi connectivity index (χ1) is 17.7. The van der Waals surface area contributed by atoms with Crippen LogP contribution in [0.4, 0.5) is 0 Å². The molecule has 0 spiro atoms. The monoisotopic (exact) mass is 527 g/mol. The van der Waals surface area contributed by atoms with Gasteiger partial charge in [0.1, 0.15) is 18.8 Å². The van der Waals surface area contributed by atoms with Crippen molar-refractivity contribution in [3.8, 4) is 0 Å². The molecule has 1 heterocycles. The Balaban J connectivity index is 1.65. The topological polar surface area (TPSA) is 66.7 Å². The van der Waals surface area contributed by atoms with Crippen LogP contribution in [-0.2, 0) is 16.6 Å². The fraction of sp³-hybridized carbons (Fsp3) is 0.581. The van der Waals surface area contributed by atoms with Crippen LogP contribution in [0.2, 0.25) is 0 Å². The smallest absolute Gasteiger partial charge is 0.283 e. The maximum Gasteiger partial charge on any atom is 0.283 e. The quantitative estimate of drug-likeness (QED) is 0.180. The second kappa shape index (κ2) is 13.7. The number of nitrogens with zero attached hydrogens (tertiary/aromatic N) is 2. The van der Waals surface area contributed by atoms with E-state index in [4.69, 9.17) is 0 Å². The van der Waals surface area contributed by atoms with Gasteiger partial charge in [-0.2, -0.15) is 12.8 Å². The average Bonchev–Trinajstić information content (AvgIpc) is 3.14. The number of hydrogen-bond donors (Lipinski definition) is 1. The number of hydrogen-bond acceptors (Lipinski definition) is 3. The van der Waals surface area contributed by atoms with Crippen molar-refractivity contribution in [1.82, 2.24) is 0 Å². The number of sulfonamides is 1. The van der Waals surface area contributed by atoms with Crippen molar-refractivity contribution in [3.05, 3.63) is 65.7 Å². The standard InChI is InChI=1S/C31H47N2O3S/c1-4-5-6-7-8-9-10-11-12-13-19-24-31(34,26-33(2,3)25-27-20-15-14-16-21-27)30-28-22-17-18-23-29(28)37(35,36)32-30/h14-18,20-23,34H,4-13,19,24-26H2,1-3H3/q+1. The lowest BCUT2D eigenvalue weighted by Gasteiger charge is -2.38. The molecular weight excluding hydrogens is 480 g/mol. The Morgan fingerprint density at radius 3 is 1.95 bits per heavy atom. The molecule has 0 bridgehead atoms. The second-order valence-corrected chi connectivity index (χ2v) is 13.0. The minimum Gasteiger partial charge on any atom is -0.378 e. The van der Waals surface area contributed by atoms with Gasteiger partial charge in [0, 0.05) is 11.1 Å². The first-order valence-electron chi connectivity index (χ1n) is 14.2. The lowest BCUT2D eigenvalue weighted by Crippen LogP contribution is -2.55. The van der Waals surface area contributed by atoms with E-state index in [9.17, 15) is 13.5 Å². The van der Waals surface area contributed by atoms with E-state index in [2.05, 4.69) is 37.5 Å². The maximum absolute atomic E-state index is 12.8. The van der Waals surface area contributed by atoms with Gasteiger partial charge in [-0.25, -0.2) is 0 Å². The molecule has 0 saturated carbocycles. The van der Waals surface area contributed by atoms with Crippen molar-refractivity contribution in [1.29, 1.82) is 0 Å². The maximum atomic E-state index is 12.8. The second-order valence-electron chi connectivity index (χ2n) is 11.5. The molecule has 1 aliphatic heterocycles. The van der Waals surface area contributed by atoms with Gasteiger partial charge in [0.05, 0.1) is 19.0 Å². The Morgan fingerprint density at radius 1 is 0.784 bits per heavy atom. The third-order valence-electron chi connectivity index (χ3n) is 7.41. The van der Waals surface area contributed by atoms with Crippen LogP contribution < -0.4 is 0 Å². The summed E-state index contributed by atoms with van der Waals surface area (Å²) >= 11 is 0. The van der Waals surface area contributed by atoms with Crippen LogP contribution in [0.15, 0.2) is 63.9 Å². The van der Waals surface area contributed by atoms with Gasteiger partial charge in [-0.05, 0) is 18.9 Å². The van der Waals surface area contributed by atoms with Gasteiger partial charge in [0.2, 0.25) is 0 Å². The van der Waals surface area contributed by atoms with E-state index >= 15 is 0 Å². The molecule has 0 aromatic heterocycles. The average molecular weight is 528 g/mol. The summed E-state index contributed by atoms with van der Waals surface area (Å²) in [5.41, 5.74) is 0.727. The number of benzene rings is 2. The van der Waals surface area contributed by atoms with Gasteiger partial charge in [-0.1, -0.05) is 120 Å². The number of fused-ring (bicyclic) bond motifs is 1. The largest absolute Gasteiger partial charge is 0.378 e. The molecule has 3 rings (SSSR count). The molecule has 37 heavy (non-hydrogen) atoms. The Hall–Kier alpha value is -2.02. The Morgan fingerprint density at radius 2 is 1.32 bits per heavy atom. The van der Waals surface area contributed by atoms with Gasteiger partial charge in [0.25, 0.3) is 10.0 Å². The van der Waals surface area contributed by atoms with Crippen LogP contribution >= 0.6 is 0 Å². The predicted octanol–water partition coefficient (Wildman–Crippen LogP) is 6.89. The first kappa shape index (κ1) is 29.5. The normalized spacial score (nSPS) is 16.3. The van der Waals surface area contributed by atoms with Crippen LogP contribution in [0.5, 0.6) is 0 Å². The Kier molecular flexibility index (Phi) is 10.9. The molecule has 1 atom stereocenters. The number of likely N-dealkylation sites (N-methyl/N-ethyl adjacent to an activating group) is 1. The summed E-state index contributed by atoms with van der Waals surface area (Å²) in [6.07, 6.45) is 14.0. The van der Waals surface area contributed by atoms with Crippen molar-refractivity contribution >= 4 is 15.7 Å². The summed E-state index contributed by atoms with van der Waals surface area (Å²) in [7, 11) is 0.398. The Bertz CT molecular complexity index is 1110. The van der Waals surface area contributed by atoms with Crippen molar-refractivity contribution < 1.29 is 18.0 Å². The van der Waals surface area contributed by atoms with E-state index in [-0.39, 0.29) is 4.90 Å². The van der Waals surface area contributed by atoms with Crippen LogP contribution in [0.1, 0.15) is 95.1 Å². The highest BCUT2D eigenvalue weighted by atomic mass is 32.2.